The van der Waals surface area contributed by atoms with E-state index in [4.69, 9.17) is 5.73 Å². The minimum absolute atomic E-state index is 0.644. The smallest absolute Gasteiger partial charge is 0.0950 e. The molecule has 0 atom stereocenters. The van der Waals surface area contributed by atoms with Crippen LogP contribution in [0.15, 0.2) is 36.8 Å². The van der Waals surface area contributed by atoms with Gasteiger partial charge in [-0.05, 0) is 25.5 Å². The average molecular weight is 258 g/mol. The molecule has 0 aliphatic carbocycles. The molecule has 2 aromatic rings. The van der Waals surface area contributed by atoms with Gasteiger partial charge >= 0.3 is 0 Å². The van der Waals surface area contributed by atoms with Gasteiger partial charge < -0.3 is 15.2 Å². The van der Waals surface area contributed by atoms with E-state index < -0.39 is 0 Å². The molecule has 0 spiro atoms. The highest BCUT2D eigenvalue weighted by Crippen LogP contribution is 2.20. The maximum atomic E-state index is 5.55. The lowest BCUT2D eigenvalue weighted by Crippen LogP contribution is -2.23. The molecule has 1 aromatic heterocycles. The Morgan fingerprint density at radius 3 is 2.79 bits per heavy atom. The van der Waals surface area contributed by atoms with Crippen LogP contribution in [-0.4, -0.2) is 22.6 Å². The molecule has 0 radical (unpaired) electrons. The molecular formula is C15H22N4. The Bertz CT molecular complexity index is 518. The first-order chi connectivity index (χ1) is 9.24. The van der Waals surface area contributed by atoms with Crippen LogP contribution in [0, 0.1) is 6.92 Å². The number of nitrogens with two attached hydrogens (primary N) is 1. The number of hydrogen-bond acceptors (Lipinski definition) is 3. The number of anilines is 1. The first kappa shape index (κ1) is 13.6. The average Bonchev–Trinajstić information content (AvgIpc) is 2.85. The molecule has 4 heteroatoms. The predicted molar refractivity (Wildman–Crippen MR) is 79.2 cm³/mol. The van der Waals surface area contributed by atoms with E-state index in [0.717, 1.165) is 25.3 Å². The summed E-state index contributed by atoms with van der Waals surface area (Å²) < 4.78 is 2.04. The summed E-state index contributed by atoms with van der Waals surface area (Å²) in [5, 5.41) is 0. The van der Waals surface area contributed by atoms with Crippen LogP contribution in [0.2, 0.25) is 0 Å². The summed E-state index contributed by atoms with van der Waals surface area (Å²) in [7, 11) is 0. The number of nitrogens with zero attached hydrogens (tertiary/aromatic N) is 3. The Hall–Kier alpha value is -1.81. The van der Waals surface area contributed by atoms with E-state index in [9.17, 15) is 0 Å². The van der Waals surface area contributed by atoms with Crippen LogP contribution in [-0.2, 0) is 13.1 Å². The number of aromatic nitrogens is 2. The lowest BCUT2D eigenvalue weighted by molar-refractivity contribution is 0.706. The van der Waals surface area contributed by atoms with Crippen LogP contribution in [0.4, 0.5) is 5.69 Å². The summed E-state index contributed by atoms with van der Waals surface area (Å²) in [6, 6.07) is 8.46. The lowest BCUT2D eigenvalue weighted by atomic mass is 10.2. The largest absolute Gasteiger partial charge is 0.366 e. The van der Waals surface area contributed by atoms with Crippen molar-refractivity contribution in [2.24, 2.45) is 5.73 Å². The summed E-state index contributed by atoms with van der Waals surface area (Å²) in [5.41, 5.74) is 9.20. The second-order valence-corrected chi connectivity index (χ2v) is 4.69. The number of rotatable bonds is 6. The van der Waals surface area contributed by atoms with Crippen molar-refractivity contribution in [3.05, 3.63) is 48.0 Å². The Kier molecular flexibility index (Phi) is 4.58. The van der Waals surface area contributed by atoms with Crippen molar-refractivity contribution >= 4 is 5.69 Å². The Balaban J connectivity index is 2.12. The summed E-state index contributed by atoms with van der Waals surface area (Å²) >= 11 is 0. The number of imidazole rings is 1. The van der Waals surface area contributed by atoms with E-state index in [1.807, 2.05) is 10.9 Å². The maximum absolute atomic E-state index is 5.55. The van der Waals surface area contributed by atoms with E-state index in [-0.39, 0.29) is 0 Å². The Labute approximate surface area is 114 Å². The van der Waals surface area contributed by atoms with Crippen LogP contribution in [0.3, 0.4) is 0 Å². The molecule has 0 saturated heterocycles. The van der Waals surface area contributed by atoms with Crippen LogP contribution in [0.5, 0.6) is 0 Å². The second-order valence-electron chi connectivity index (χ2n) is 4.69. The van der Waals surface area contributed by atoms with Gasteiger partial charge in [0.05, 0.1) is 18.6 Å². The van der Waals surface area contributed by atoms with E-state index in [0.29, 0.717) is 6.54 Å². The van der Waals surface area contributed by atoms with Gasteiger partial charge in [0.2, 0.25) is 0 Å². The molecule has 19 heavy (non-hydrogen) atoms. The molecule has 0 saturated carbocycles. The third-order valence-corrected chi connectivity index (χ3v) is 3.26. The van der Waals surface area contributed by atoms with Gasteiger partial charge in [0, 0.05) is 31.5 Å². The van der Waals surface area contributed by atoms with Crippen LogP contribution in [0.25, 0.3) is 0 Å². The fourth-order valence-corrected chi connectivity index (χ4v) is 2.24. The highest BCUT2D eigenvalue weighted by molar-refractivity contribution is 5.52. The Morgan fingerprint density at radius 1 is 1.32 bits per heavy atom. The van der Waals surface area contributed by atoms with E-state index >= 15 is 0 Å². The third-order valence-electron chi connectivity index (χ3n) is 3.26. The molecule has 0 unspecified atom stereocenters. The van der Waals surface area contributed by atoms with Crippen molar-refractivity contribution in [2.45, 2.75) is 26.9 Å². The molecule has 1 heterocycles. The molecule has 1 aromatic carbocycles. The van der Waals surface area contributed by atoms with Crippen molar-refractivity contribution in [3.63, 3.8) is 0 Å². The van der Waals surface area contributed by atoms with E-state index in [1.54, 1.807) is 0 Å². The highest BCUT2D eigenvalue weighted by atomic mass is 15.1. The third kappa shape index (κ3) is 3.35. The SMILES string of the molecule is CCN(Cc1cn(CCN)cn1)c1ccccc1C. The number of aryl methyl sites for hydroxylation is 1. The highest BCUT2D eigenvalue weighted by Gasteiger charge is 2.09. The molecule has 0 fully saturated rings. The first-order valence-electron chi connectivity index (χ1n) is 6.76. The fourth-order valence-electron chi connectivity index (χ4n) is 2.24. The van der Waals surface area contributed by atoms with Gasteiger partial charge in [-0.2, -0.15) is 0 Å². The van der Waals surface area contributed by atoms with Gasteiger partial charge in [-0.15, -0.1) is 0 Å². The zero-order chi connectivity index (χ0) is 13.7. The first-order valence-corrected chi connectivity index (χ1v) is 6.76. The summed E-state index contributed by atoms with van der Waals surface area (Å²) in [6.45, 7) is 7.58. The normalized spacial score (nSPS) is 10.7. The van der Waals surface area contributed by atoms with Crippen molar-refractivity contribution < 1.29 is 0 Å². The topological polar surface area (TPSA) is 47.1 Å². The zero-order valence-corrected chi connectivity index (χ0v) is 11.7. The van der Waals surface area contributed by atoms with Gasteiger partial charge in [-0.3, -0.25) is 0 Å². The van der Waals surface area contributed by atoms with Crippen molar-refractivity contribution in [1.29, 1.82) is 0 Å². The molecular weight excluding hydrogens is 236 g/mol. The van der Waals surface area contributed by atoms with Crippen molar-refractivity contribution in [3.8, 4) is 0 Å². The van der Waals surface area contributed by atoms with Crippen molar-refractivity contribution in [1.82, 2.24) is 9.55 Å². The number of benzene rings is 1. The van der Waals surface area contributed by atoms with Gasteiger partial charge in [0.25, 0.3) is 0 Å². The summed E-state index contributed by atoms with van der Waals surface area (Å²) in [6.07, 6.45) is 3.93. The monoisotopic (exact) mass is 258 g/mol. The maximum Gasteiger partial charge on any atom is 0.0950 e. The van der Waals surface area contributed by atoms with E-state index in [1.165, 1.54) is 11.3 Å². The minimum atomic E-state index is 0.644. The Morgan fingerprint density at radius 2 is 2.11 bits per heavy atom. The zero-order valence-electron chi connectivity index (χ0n) is 11.7. The predicted octanol–water partition coefficient (Wildman–Crippen LogP) is 2.18. The molecule has 0 bridgehead atoms. The fraction of sp³-hybridized carbons (Fsp3) is 0.400. The van der Waals surface area contributed by atoms with Gasteiger partial charge in [0.15, 0.2) is 0 Å². The number of para-hydroxylation sites is 1. The molecule has 2 rings (SSSR count). The molecule has 2 N–H and O–H groups in total. The van der Waals surface area contributed by atoms with Gasteiger partial charge in [-0.25, -0.2) is 4.98 Å². The van der Waals surface area contributed by atoms with Crippen molar-refractivity contribution in [2.75, 3.05) is 18.0 Å². The van der Waals surface area contributed by atoms with Crippen LogP contribution < -0.4 is 10.6 Å². The molecule has 102 valence electrons. The molecule has 4 nitrogen and oxygen atoms in total. The van der Waals surface area contributed by atoms with Gasteiger partial charge in [0.1, 0.15) is 0 Å². The number of hydrogen-bond donors (Lipinski definition) is 1. The second kappa shape index (κ2) is 6.38. The van der Waals surface area contributed by atoms with Crippen LogP contribution in [0.1, 0.15) is 18.2 Å². The van der Waals surface area contributed by atoms with Crippen LogP contribution >= 0.6 is 0 Å². The summed E-state index contributed by atoms with van der Waals surface area (Å²) in [4.78, 5) is 6.78. The quantitative estimate of drug-likeness (QED) is 0.864. The standard InChI is InChI=1S/C15H22N4/c1-3-19(15-7-5-4-6-13(15)2)11-14-10-18(9-8-16)12-17-14/h4-7,10,12H,3,8-9,11,16H2,1-2H3. The lowest BCUT2D eigenvalue weighted by Gasteiger charge is -2.24. The van der Waals surface area contributed by atoms with E-state index in [2.05, 4.69) is 54.2 Å². The minimum Gasteiger partial charge on any atom is -0.366 e. The molecule has 0 amide bonds. The molecule has 0 aliphatic rings. The van der Waals surface area contributed by atoms with Gasteiger partial charge in [-0.1, -0.05) is 18.2 Å². The summed E-state index contributed by atoms with van der Waals surface area (Å²) in [5.74, 6) is 0. The molecule has 0 aliphatic heterocycles.